The molecular weight excluding hydrogens is 220 g/mol. The second-order valence-electron chi connectivity index (χ2n) is 3.41. The molecule has 0 radical (unpaired) electrons. The Bertz CT molecular complexity index is 615. The molecule has 0 aliphatic rings. The number of pyridine rings is 1. The van der Waals surface area contributed by atoms with Gasteiger partial charge in [-0.25, -0.2) is 4.98 Å². The predicted octanol–water partition coefficient (Wildman–Crippen LogP) is 3.06. The van der Waals surface area contributed by atoms with Gasteiger partial charge in [0.05, 0.1) is 10.9 Å². The maximum atomic E-state index is 9.41. The van der Waals surface area contributed by atoms with Gasteiger partial charge in [0.1, 0.15) is 16.3 Å². The van der Waals surface area contributed by atoms with E-state index in [9.17, 15) is 5.11 Å². The Morgan fingerprint density at radius 1 is 1.19 bits per heavy atom. The van der Waals surface area contributed by atoms with Crippen molar-refractivity contribution in [2.45, 2.75) is 0 Å². The molecule has 78 valence electrons. The van der Waals surface area contributed by atoms with Crippen LogP contribution in [0.4, 0.5) is 0 Å². The first kappa shape index (κ1) is 9.30. The van der Waals surface area contributed by atoms with Crippen molar-refractivity contribution < 1.29 is 5.11 Å². The summed E-state index contributed by atoms with van der Waals surface area (Å²) in [6, 6.07) is 9.06. The van der Waals surface area contributed by atoms with E-state index in [2.05, 4.69) is 9.97 Å². The molecule has 2 aromatic heterocycles. The van der Waals surface area contributed by atoms with Crippen LogP contribution in [0.25, 0.3) is 20.8 Å². The Kier molecular flexibility index (Phi) is 2.08. The summed E-state index contributed by atoms with van der Waals surface area (Å²) < 4.78 is 1.10. The van der Waals surface area contributed by atoms with E-state index in [0.29, 0.717) is 0 Å². The minimum atomic E-state index is 0.259. The van der Waals surface area contributed by atoms with Gasteiger partial charge in [0.15, 0.2) is 0 Å². The Morgan fingerprint density at radius 2 is 2.12 bits per heavy atom. The zero-order valence-electron chi connectivity index (χ0n) is 8.29. The van der Waals surface area contributed by atoms with Crippen molar-refractivity contribution in [1.29, 1.82) is 0 Å². The highest BCUT2D eigenvalue weighted by atomic mass is 32.1. The van der Waals surface area contributed by atoms with Crippen LogP contribution in [0.1, 0.15) is 0 Å². The molecule has 1 N–H and O–H groups in total. The number of hydrogen-bond acceptors (Lipinski definition) is 4. The second kappa shape index (κ2) is 3.57. The molecule has 0 saturated heterocycles. The van der Waals surface area contributed by atoms with Gasteiger partial charge in [0.25, 0.3) is 0 Å². The lowest BCUT2D eigenvalue weighted by molar-refractivity contribution is 0.475. The molecule has 0 bridgehead atoms. The van der Waals surface area contributed by atoms with Crippen molar-refractivity contribution in [1.82, 2.24) is 9.97 Å². The fourth-order valence-electron chi connectivity index (χ4n) is 1.54. The standard InChI is InChI=1S/C12H8N2OS/c15-9-3-1-2-8(6-9)12-14-10-7-13-5-4-11(10)16-12/h1-7,15H. The lowest BCUT2D eigenvalue weighted by Crippen LogP contribution is -1.75. The monoisotopic (exact) mass is 228 g/mol. The van der Waals surface area contributed by atoms with E-state index >= 15 is 0 Å². The Balaban J connectivity index is 2.19. The fraction of sp³-hybridized carbons (Fsp3) is 0. The Morgan fingerprint density at radius 3 is 2.94 bits per heavy atom. The van der Waals surface area contributed by atoms with Crippen molar-refractivity contribution in [3.63, 3.8) is 0 Å². The van der Waals surface area contributed by atoms with Gasteiger partial charge in [0, 0.05) is 11.8 Å². The van der Waals surface area contributed by atoms with Gasteiger partial charge in [-0.2, -0.15) is 0 Å². The molecule has 0 saturated carbocycles. The number of aromatic nitrogens is 2. The average molecular weight is 228 g/mol. The van der Waals surface area contributed by atoms with Crippen LogP contribution in [0, 0.1) is 0 Å². The first-order chi connectivity index (χ1) is 7.83. The first-order valence-corrected chi connectivity index (χ1v) is 5.64. The highest BCUT2D eigenvalue weighted by Crippen LogP contribution is 2.30. The molecule has 0 aliphatic heterocycles. The summed E-state index contributed by atoms with van der Waals surface area (Å²) in [7, 11) is 0. The molecule has 0 atom stereocenters. The molecule has 4 heteroatoms. The molecule has 1 aromatic carbocycles. The van der Waals surface area contributed by atoms with Crippen molar-refractivity contribution in [3.05, 3.63) is 42.7 Å². The number of thiazole rings is 1. The molecule has 0 unspecified atom stereocenters. The SMILES string of the molecule is Oc1cccc(-c2nc3cnccc3s2)c1. The highest BCUT2D eigenvalue weighted by Gasteiger charge is 2.06. The summed E-state index contributed by atoms with van der Waals surface area (Å²) in [6.07, 6.45) is 3.50. The third-order valence-electron chi connectivity index (χ3n) is 2.28. The Labute approximate surface area is 96.0 Å². The molecule has 16 heavy (non-hydrogen) atoms. The van der Waals surface area contributed by atoms with Crippen molar-refractivity contribution in [2.75, 3.05) is 0 Å². The molecule has 2 heterocycles. The number of hydrogen-bond donors (Lipinski definition) is 1. The van der Waals surface area contributed by atoms with Crippen molar-refractivity contribution in [3.8, 4) is 16.3 Å². The largest absolute Gasteiger partial charge is 0.508 e. The normalized spacial score (nSPS) is 10.8. The summed E-state index contributed by atoms with van der Waals surface area (Å²) in [4.78, 5) is 8.50. The molecule has 3 rings (SSSR count). The molecule has 0 aliphatic carbocycles. The van der Waals surface area contributed by atoms with Crippen LogP contribution in [-0.4, -0.2) is 15.1 Å². The van der Waals surface area contributed by atoms with Gasteiger partial charge in [-0.1, -0.05) is 12.1 Å². The van der Waals surface area contributed by atoms with E-state index in [-0.39, 0.29) is 5.75 Å². The molecule has 0 fully saturated rings. The minimum Gasteiger partial charge on any atom is -0.508 e. The van der Waals surface area contributed by atoms with Crippen molar-refractivity contribution >= 4 is 21.6 Å². The molecule has 0 spiro atoms. The number of rotatable bonds is 1. The van der Waals surface area contributed by atoms with Gasteiger partial charge < -0.3 is 5.11 Å². The van der Waals surface area contributed by atoms with E-state index in [1.807, 2.05) is 18.2 Å². The maximum absolute atomic E-state index is 9.41. The van der Waals surface area contributed by atoms with Gasteiger partial charge in [-0.15, -0.1) is 11.3 Å². The maximum Gasteiger partial charge on any atom is 0.124 e. The third-order valence-corrected chi connectivity index (χ3v) is 3.37. The number of fused-ring (bicyclic) bond motifs is 1. The summed E-state index contributed by atoms with van der Waals surface area (Å²) in [5.74, 6) is 0.259. The van der Waals surface area contributed by atoms with Crippen LogP contribution in [0.3, 0.4) is 0 Å². The zero-order valence-corrected chi connectivity index (χ0v) is 9.11. The van der Waals surface area contributed by atoms with E-state index in [4.69, 9.17) is 0 Å². The van der Waals surface area contributed by atoms with Crippen LogP contribution < -0.4 is 0 Å². The van der Waals surface area contributed by atoms with Crippen LogP contribution in [0.2, 0.25) is 0 Å². The van der Waals surface area contributed by atoms with Crippen LogP contribution >= 0.6 is 11.3 Å². The summed E-state index contributed by atoms with van der Waals surface area (Å²) in [5, 5.41) is 10.3. The van der Waals surface area contributed by atoms with Crippen LogP contribution in [0.15, 0.2) is 42.7 Å². The van der Waals surface area contributed by atoms with Gasteiger partial charge in [-0.05, 0) is 18.2 Å². The zero-order chi connectivity index (χ0) is 11.0. The van der Waals surface area contributed by atoms with Gasteiger partial charge in [0.2, 0.25) is 0 Å². The first-order valence-electron chi connectivity index (χ1n) is 4.83. The lowest BCUT2D eigenvalue weighted by atomic mass is 10.2. The van der Waals surface area contributed by atoms with Crippen LogP contribution in [0.5, 0.6) is 5.75 Å². The second-order valence-corrected chi connectivity index (χ2v) is 4.44. The number of benzene rings is 1. The predicted molar refractivity (Wildman–Crippen MR) is 64.5 cm³/mol. The van der Waals surface area contributed by atoms with Gasteiger partial charge >= 0.3 is 0 Å². The fourth-order valence-corrected chi connectivity index (χ4v) is 2.47. The van der Waals surface area contributed by atoms with E-state index in [1.54, 1.807) is 35.9 Å². The molecule has 3 nitrogen and oxygen atoms in total. The van der Waals surface area contributed by atoms with Crippen molar-refractivity contribution in [2.24, 2.45) is 0 Å². The molecule has 0 amide bonds. The Hall–Kier alpha value is -1.94. The summed E-state index contributed by atoms with van der Waals surface area (Å²) in [6.45, 7) is 0. The summed E-state index contributed by atoms with van der Waals surface area (Å²) in [5.41, 5.74) is 1.83. The third kappa shape index (κ3) is 1.53. The average Bonchev–Trinajstić information content (AvgIpc) is 2.72. The van der Waals surface area contributed by atoms with E-state index in [0.717, 1.165) is 20.8 Å². The minimum absolute atomic E-state index is 0.259. The number of phenolic OH excluding ortho intramolecular Hbond substituents is 1. The van der Waals surface area contributed by atoms with Crippen LogP contribution in [-0.2, 0) is 0 Å². The van der Waals surface area contributed by atoms with E-state index < -0.39 is 0 Å². The smallest absolute Gasteiger partial charge is 0.124 e. The number of nitrogens with zero attached hydrogens (tertiary/aromatic N) is 2. The number of phenols is 1. The number of aromatic hydroxyl groups is 1. The molecule has 3 aromatic rings. The van der Waals surface area contributed by atoms with Gasteiger partial charge in [-0.3, -0.25) is 4.98 Å². The topological polar surface area (TPSA) is 46.0 Å². The highest BCUT2D eigenvalue weighted by molar-refractivity contribution is 7.21. The lowest BCUT2D eigenvalue weighted by Gasteiger charge is -1.95. The molecular formula is C12H8N2OS. The summed E-state index contributed by atoms with van der Waals surface area (Å²) >= 11 is 1.60. The van der Waals surface area contributed by atoms with E-state index in [1.165, 1.54) is 0 Å². The quantitative estimate of drug-likeness (QED) is 0.696.